The van der Waals surface area contributed by atoms with E-state index in [1.54, 1.807) is 0 Å². The highest BCUT2D eigenvalue weighted by atomic mass is 15.1. The SMILES string of the molecule is N#Cc1ccc(-c2nc(-c3ccccc3)nc3ccccc23)cc1-n1c2ccccc2c2c1c1c3ccccc3n(C3=CC=CCC3)c1c1c3ccccc3n(C3C=CC=CC3)c12. The first kappa shape index (κ1) is 35.5. The second-order valence-electron chi connectivity index (χ2n) is 16.6. The maximum absolute atomic E-state index is 11.1. The molecule has 0 spiro atoms. The van der Waals surface area contributed by atoms with E-state index >= 15 is 0 Å². The number of nitrogens with zero attached hydrogens (tertiary/aromatic N) is 6. The first-order valence-electron chi connectivity index (χ1n) is 21.7. The summed E-state index contributed by atoms with van der Waals surface area (Å²) >= 11 is 0. The molecular weight excluding hydrogens is 769 g/mol. The van der Waals surface area contributed by atoms with Crippen molar-refractivity contribution in [2.75, 3.05) is 0 Å². The van der Waals surface area contributed by atoms with Crippen LogP contribution in [0.4, 0.5) is 0 Å². The first-order valence-corrected chi connectivity index (χ1v) is 21.7. The topological polar surface area (TPSA) is 64.4 Å². The number of hydrogen-bond donors (Lipinski definition) is 0. The molecule has 0 saturated carbocycles. The predicted octanol–water partition coefficient (Wildman–Crippen LogP) is 14.4. The van der Waals surface area contributed by atoms with Crippen LogP contribution in [0.5, 0.6) is 0 Å². The molecule has 6 heteroatoms. The van der Waals surface area contributed by atoms with Crippen molar-refractivity contribution in [2.24, 2.45) is 0 Å². The molecule has 2 aliphatic carbocycles. The van der Waals surface area contributed by atoms with Crippen LogP contribution in [0, 0.1) is 11.3 Å². The lowest BCUT2D eigenvalue weighted by atomic mass is 10.0. The Hall–Kier alpha value is -8.27. The Kier molecular flexibility index (Phi) is 7.82. The molecule has 4 heterocycles. The third-order valence-electron chi connectivity index (χ3n) is 13.2. The van der Waals surface area contributed by atoms with E-state index < -0.39 is 0 Å². The average Bonchev–Trinajstić information content (AvgIpc) is 4.00. The monoisotopic (exact) mass is 806 g/mol. The number of benzene rings is 7. The van der Waals surface area contributed by atoms with Gasteiger partial charge in [-0.05, 0) is 61.7 Å². The molecule has 11 aromatic rings. The molecule has 0 fully saturated rings. The van der Waals surface area contributed by atoms with Crippen molar-refractivity contribution < 1.29 is 0 Å². The Bertz CT molecular complexity index is 3900. The van der Waals surface area contributed by atoms with Crippen LogP contribution in [-0.2, 0) is 0 Å². The second kappa shape index (κ2) is 13.9. The van der Waals surface area contributed by atoms with Crippen LogP contribution < -0.4 is 0 Å². The molecule has 63 heavy (non-hydrogen) atoms. The maximum atomic E-state index is 11.1. The minimum atomic E-state index is 0.109. The molecule has 0 radical (unpaired) electrons. The molecule has 0 N–H and O–H groups in total. The lowest BCUT2D eigenvalue weighted by Gasteiger charge is -2.20. The molecule has 296 valence electrons. The average molecular weight is 807 g/mol. The van der Waals surface area contributed by atoms with Gasteiger partial charge in [0.05, 0.1) is 56.1 Å². The Morgan fingerprint density at radius 1 is 0.556 bits per heavy atom. The quantitative estimate of drug-likeness (QED) is 0.174. The third-order valence-corrected chi connectivity index (χ3v) is 13.2. The number of rotatable bonds is 5. The van der Waals surface area contributed by atoms with Gasteiger partial charge in [0.2, 0.25) is 0 Å². The van der Waals surface area contributed by atoms with Gasteiger partial charge in [0.15, 0.2) is 5.82 Å². The summed E-state index contributed by atoms with van der Waals surface area (Å²) in [6, 6.07) is 53.9. The number of fused-ring (bicyclic) bond motifs is 13. The standard InChI is InChI=1S/C57H38N6/c58-35-38-33-32-37(53-41-24-10-14-28-45(41)59-57(60-53)36-18-4-1-5-19-36)34-49(38)63-48-31-17-13-27-44(48)52-55-50(42-25-11-15-29-46(42)61(55)39-20-6-2-7-21-39)54-51(56(52)63)43-26-12-16-30-47(43)62(54)40-22-8-3-9-23-40/h1-8,10-20,22,24-34,39H,9,21,23H2. The van der Waals surface area contributed by atoms with Crippen molar-refractivity contribution in [3.05, 3.63) is 194 Å². The highest BCUT2D eigenvalue weighted by Crippen LogP contribution is 2.51. The van der Waals surface area contributed by atoms with Crippen molar-refractivity contribution >= 4 is 82.0 Å². The largest absolute Gasteiger partial charge is 0.332 e. The van der Waals surface area contributed by atoms with Gasteiger partial charge in [-0.3, -0.25) is 0 Å². The van der Waals surface area contributed by atoms with E-state index in [1.807, 2.05) is 42.5 Å². The van der Waals surface area contributed by atoms with Crippen LogP contribution >= 0.6 is 0 Å². The van der Waals surface area contributed by atoms with Gasteiger partial charge < -0.3 is 13.7 Å². The summed E-state index contributed by atoms with van der Waals surface area (Å²) in [7, 11) is 0. The zero-order chi connectivity index (χ0) is 41.6. The first-order chi connectivity index (χ1) is 31.3. The van der Waals surface area contributed by atoms with E-state index in [1.165, 1.54) is 54.7 Å². The number of hydrogen-bond acceptors (Lipinski definition) is 3. The van der Waals surface area contributed by atoms with Gasteiger partial charge in [-0.15, -0.1) is 0 Å². The fourth-order valence-corrected chi connectivity index (χ4v) is 10.6. The lowest BCUT2D eigenvalue weighted by molar-refractivity contribution is 0.649. The number of aromatic nitrogens is 5. The molecule has 4 aromatic heterocycles. The number of allylic oxidation sites excluding steroid dienone is 8. The maximum Gasteiger partial charge on any atom is 0.160 e. The number of nitriles is 1. The molecule has 0 bridgehead atoms. The zero-order valence-electron chi connectivity index (χ0n) is 34.3. The third kappa shape index (κ3) is 5.17. The Labute approximate surface area is 362 Å². The van der Waals surface area contributed by atoms with Crippen LogP contribution in [0.3, 0.4) is 0 Å². The molecule has 2 aliphatic rings. The highest BCUT2D eigenvalue weighted by Gasteiger charge is 2.30. The summed E-state index contributed by atoms with van der Waals surface area (Å²) in [6.07, 6.45) is 18.5. The summed E-state index contributed by atoms with van der Waals surface area (Å²) in [5, 5.41) is 19.2. The molecule has 0 aliphatic heterocycles. The molecule has 6 nitrogen and oxygen atoms in total. The summed E-state index contributed by atoms with van der Waals surface area (Å²) in [6.45, 7) is 0. The van der Waals surface area contributed by atoms with Gasteiger partial charge in [-0.2, -0.15) is 5.26 Å². The van der Waals surface area contributed by atoms with Crippen molar-refractivity contribution in [2.45, 2.75) is 25.3 Å². The fourth-order valence-electron chi connectivity index (χ4n) is 10.6. The van der Waals surface area contributed by atoms with Crippen molar-refractivity contribution in [3.63, 3.8) is 0 Å². The van der Waals surface area contributed by atoms with E-state index in [9.17, 15) is 5.26 Å². The normalized spacial score (nSPS) is 15.2. The van der Waals surface area contributed by atoms with Gasteiger partial charge in [-0.1, -0.05) is 146 Å². The van der Waals surface area contributed by atoms with E-state index in [0.29, 0.717) is 11.4 Å². The van der Waals surface area contributed by atoms with Gasteiger partial charge in [0.1, 0.15) is 6.07 Å². The molecule has 13 rings (SSSR count). The molecule has 0 saturated heterocycles. The molecule has 7 aromatic carbocycles. The molecular formula is C57H38N6. The Balaban J connectivity index is 1.25. The van der Waals surface area contributed by atoms with E-state index in [4.69, 9.17) is 9.97 Å². The zero-order valence-corrected chi connectivity index (χ0v) is 34.3. The van der Waals surface area contributed by atoms with Gasteiger partial charge in [0, 0.05) is 60.0 Å². The summed E-state index contributed by atoms with van der Waals surface area (Å²) in [5.74, 6) is 0.662. The van der Waals surface area contributed by atoms with Crippen molar-refractivity contribution in [1.29, 1.82) is 5.26 Å². The summed E-state index contributed by atoms with van der Waals surface area (Å²) in [5.41, 5.74) is 13.1. The van der Waals surface area contributed by atoms with Crippen LogP contribution in [-0.4, -0.2) is 23.7 Å². The van der Waals surface area contributed by atoms with Gasteiger partial charge in [-0.25, -0.2) is 9.97 Å². The molecule has 0 amide bonds. The highest BCUT2D eigenvalue weighted by molar-refractivity contribution is 6.40. The predicted molar refractivity (Wildman–Crippen MR) is 260 cm³/mol. The van der Waals surface area contributed by atoms with E-state index in [2.05, 4.69) is 165 Å². The van der Waals surface area contributed by atoms with E-state index in [0.717, 1.165) is 69.1 Å². The van der Waals surface area contributed by atoms with Gasteiger partial charge in [0.25, 0.3) is 0 Å². The Morgan fingerprint density at radius 2 is 1.21 bits per heavy atom. The Morgan fingerprint density at radius 3 is 1.92 bits per heavy atom. The van der Waals surface area contributed by atoms with Crippen LogP contribution in [0.1, 0.15) is 30.9 Å². The van der Waals surface area contributed by atoms with E-state index in [-0.39, 0.29) is 6.04 Å². The lowest BCUT2D eigenvalue weighted by Crippen LogP contribution is -2.07. The summed E-state index contributed by atoms with van der Waals surface area (Å²) in [4.78, 5) is 10.3. The summed E-state index contributed by atoms with van der Waals surface area (Å²) < 4.78 is 7.53. The second-order valence-corrected chi connectivity index (χ2v) is 16.6. The van der Waals surface area contributed by atoms with Crippen molar-refractivity contribution in [1.82, 2.24) is 23.7 Å². The van der Waals surface area contributed by atoms with Crippen LogP contribution in [0.2, 0.25) is 0 Å². The smallest absolute Gasteiger partial charge is 0.160 e. The van der Waals surface area contributed by atoms with Crippen LogP contribution in [0.15, 0.2) is 188 Å². The molecule has 1 atom stereocenters. The minimum absolute atomic E-state index is 0.109. The van der Waals surface area contributed by atoms with Crippen LogP contribution in [0.25, 0.3) is 110 Å². The molecule has 1 unspecified atom stereocenters. The van der Waals surface area contributed by atoms with Crippen molar-refractivity contribution in [3.8, 4) is 34.4 Å². The van der Waals surface area contributed by atoms with Gasteiger partial charge >= 0.3 is 0 Å². The number of para-hydroxylation sites is 4. The minimum Gasteiger partial charge on any atom is -0.332 e. The fraction of sp³-hybridized carbons (Fsp3) is 0.0702.